The predicted molar refractivity (Wildman–Crippen MR) is 89.0 cm³/mol. The molecule has 0 spiro atoms. The van der Waals surface area contributed by atoms with Crippen molar-refractivity contribution in [3.63, 3.8) is 0 Å². The van der Waals surface area contributed by atoms with E-state index in [4.69, 9.17) is 28.3 Å². The van der Waals surface area contributed by atoms with Crippen molar-refractivity contribution in [2.45, 2.75) is 0 Å². The third-order valence-electron chi connectivity index (χ3n) is 3.03. The van der Waals surface area contributed by atoms with Gasteiger partial charge in [-0.2, -0.15) is 0 Å². The maximum absolute atomic E-state index is 12.1. The number of nitrogens with one attached hydrogen (secondary N) is 1. The summed E-state index contributed by atoms with van der Waals surface area (Å²) in [6, 6.07) is 10.3. The molecule has 2 rings (SSSR count). The summed E-state index contributed by atoms with van der Waals surface area (Å²) in [5, 5.41) is 12.1. The average Bonchev–Trinajstić information content (AvgIpc) is 2.50. The van der Waals surface area contributed by atoms with Gasteiger partial charge in [0.2, 0.25) is 0 Å². The third-order valence-corrected chi connectivity index (χ3v) is 3.54. The minimum Gasteiger partial charge on any atom is -0.395 e. The van der Waals surface area contributed by atoms with E-state index >= 15 is 0 Å². The van der Waals surface area contributed by atoms with E-state index in [0.29, 0.717) is 12.2 Å². The molecule has 0 fully saturated rings. The number of anilines is 2. The first-order valence-electron chi connectivity index (χ1n) is 6.56. The van der Waals surface area contributed by atoms with Crippen LogP contribution in [0.5, 0.6) is 0 Å². The molecule has 0 saturated carbocycles. The molecule has 1 aromatic heterocycles. The zero-order valence-electron chi connectivity index (χ0n) is 11.9. The van der Waals surface area contributed by atoms with Gasteiger partial charge in [0, 0.05) is 25.0 Å². The van der Waals surface area contributed by atoms with Crippen molar-refractivity contribution in [3.8, 4) is 0 Å². The summed E-state index contributed by atoms with van der Waals surface area (Å²) >= 11 is 11.7. The number of benzene rings is 1. The van der Waals surface area contributed by atoms with Gasteiger partial charge in [0.15, 0.2) is 0 Å². The minimum atomic E-state index is -0.427. The van der Waals surface area contributed by atoms with Gasteiger partial charge in [0.1, 0.15) is 10.8 Å². The molecule has 1 heterocycles. The summed E-state index contributed by atoms with van der Waals surface area (Å²) < 4.78 is 0. The van der Waals surface area contributed by atoms with E-state index in [1.807, 2.05) is 24.1 Å². The van der Waals surface area contributed by atoms with Crippen LogP contribution in [0.2, 0.25) is 10.2 Å². The maximum Gasteiger partial charge on any atom is 0.275 e. The summed E-state index contributed by atoms with van der Waals surface area (Å²) in [6.07, 6.45) is 0. The highest BCUT2D eigenvalue weighted by Gasteiger charge is 2.13. The summed E-state index contributed by atoms with van der Waals surface area (Å²) in [5.74, 6) is -0.427. The van der Waals surface area contributed by atoms with Crippen LogP contribution in [0.4, 0.5) is 11.4 Å². The van der Waals surface area contributed by atoms with Crippen molar-refractivity contribution in [2.24, 2.45) is 0 Å². The highest BCUT2D eigenvalue weighted by molar-refractivity contribution is 6.35. The molecule has 22 heavy (non-hydrogen) atoms. The van der Waals surface area contributed by atoms with Gasteiger partial charge >= 0.3 is 0 Å². The fraction of sp³-hybridized carbons (Fsp3) is 0.200. The van der Waals surface area contributed by atoms with E-state index in [1.165, 1.54) is 12.1 Å². The molecule has 1 aromatic carbocycles. The number of likely N-dealkylation sites (N-methyl/N-ethyl adjacent to an activating group) is 1. The Kier molecular flexibility index (Phi) is 5.60. The number of halogens is 2. The van der Waals surface area contributed by atoms with Crippen molar-refractivity contribution < 1.29 is 9.90 Å². The van der Waals surface area contributed by atoms with E-state index in [2.05, 4.69) is 10.3 Å². The van der Waals surface area contributed by atoms with Crippen LogP contribution in [0.3, 0.4) is 0 Å². The van der Waals surface area contributed by atoms with E-state index in [1.54, 1.807) is 12.1 Å². The van der Waals surface area contributed by atoms with Crippen LogP contribution in [-0.2, 0) is 0 Å². The van der Waals surface area contributed by atoms with Crippen molar-refractivity contribution >= 4 is 40.5 Å². The first-order valence-corrected chi connectivity index (χ1v) is 7.32. The van der Waals surface area contributed by atoms with Gasteiger partial charge in [-0.05, 0) is 36.4 Å². The van der Waals surface area contributed by atoms with Crippen molar-refractivity contribution in [1.82, 2.24) is 4.98 Å². The molecule has 0 bridgehead atoms. The molecule has 0 saturated heterocycles. The van der Waals surface area contributed by atoms with Gasteiger partial charge in [-0.1, -0.05) is 23.2 Å². The Morgan fingerprint density at radius 3 is 2.55 bits per heavy atom. The predicted octanol–water partition coefficient (Wildman–Crippen LogP) is 3.07. The van der Waals surface area contributed by atoms with Crippen LogP contribution < -0.4 is 10.2 Å². The number of carbonyl (C=O) groups is 1. The summed E-state index contributed by atoms with van der Waals surface area (Å²) in [4.78, 5) is 18.0. The molecule has 0 unspecified atom stereocenters. The Morgan fingerprint density at radius 2 is 1.91 bits per heavy atom. The summed E-state index contributed by atoms with van der Waals surface area (Å²) in [6.45, 7) is 0.613. The Morgan fingerprint density at radius 1 is 1.23 bits per heavy atom. The monoisotopic (exact) mass is 339 g/mol. The van der Waals surface area contributed by atoms with Crippen LogP contribution in [0.1, 0.15) is 10.5 Å². The van der Waals surface area contributed by atoms with Crippen molar-refractivity contribution in [3.05, 3.63) is 52.3 Å². The Bertz CT molecular complexity index is 662. The van der Waals surface area contributed by atoms with Gasteiger partial charge in [-0.25, -0.2) is 4.98 Å². The van der Waals surface area contributed by atoms with E-state index in [9.17, 15) is 4.79 Å². The number of hydrogen-bond acceptors (Lipinski definition) is 4. The number of aromatic nitrogens is 1. The topological polar surface area (TPSA) is 65.5 Å². The highest BCUT2D eigenvalue weighted by atomic mass is 35.5. The first kappa shape index (κ1) is 16.5. The molecule has 0 radical (unpaired) electrons. The molecule has 0 aliphatic carbocycles. The summed E-state index contributed by atoms with van der Waals surface area (Å²) in [5.41, 5.74) is 1.63. The fourth-order valence-electron chi connectivity index (χ4n) is 1.85. The molecule has 5 nitrogen and oxygen atoms in total. The number of rotatable bonds is 5. The zero-order chi connectivity index (χ0) is 16.1. The van der Waals surface area contributed by atoms with E-state index < -0.39 is 5.91 Å². The van der Waals surface area contributed by atoms with Gasteiger partial charge in [-0.15, -0.1) is 0 Å². The van der Waals surface area contributed by atoms with E-state index in [-0.39, 0.29) is 22.5 Å². The Labute approximate surface area is 138 Å². The van der Waals surface area contributed by atoms with Gasteiger partial charge in [0.25, 0.3) is 5.91 Å². The van der Waals surface area contributed by atoms with Crippen molar-refractivity contribution in [2.75, 3.05) is 30.4 Å². The molecule has 1 amide bonds. The molecule has 116 valence electrons. The van der Waals surface area contributed by atoms with E-state index in [0.717, 1.165) is 5.69 Å². The van der Waals surface area contributed by atoms with Crippen LogP contribution in [0.25, 0.3) is 0 Å². The smallest absolute Gasteiger partial charge is 0.275 e. The number of nitrogens with zero attached hydrogens (tertiary/aromatic N) is 2. The third kappa shape index (κ3) is 4.10. The molecular formula is C15H15Cl2N3O2. The van der Waals surface area contributed by atoms with Crippen molar-refractivity contribution in [1.29, 1.82) is 0 Å². The lowest BCUT2D eigenvalue weighted by atomic mass is 10.2. The Hall–Kier alpha value is -1.82. The maximum atomic E-state index is 12.1. The zero-order valence-corrected chi connectivity index (χ0v) is 13.4. The molecule has 0 atom stereocenters. The number of aliphatic hydroxyl groups is 1. The van der Waals surface area contributed by atoms with Crippen LogP contribution in [-0.4, -0.2) is 36.2 Å². The number of hydrogen-bond donors (Lipinski definition) is 2. The molecule has 2 aromatic rings. The number of carbonyl (C=O) groups excluding carboxylic acids is 1. The molecule has 2 N–H and O–H groups in total. The normalized spacial score (nSPS) is 10.4. The minimum absolute atomic E-state index is 0.0773. The molecule has 0 aliphatic rings. The fourth-order valence-corrected chi connectivity index (χ4v) is 2.18. The van der Waals surface area contributed by atoms with Crippen LogP contribution >= 0.6 is 23.2 Å². The number of aliphatic hydroxyl groups excluding tert-OH is 1. The SMILES string of the molecule is CN(CCO)c1ccc(NC(=O)c2nc(Cl)ccc2Cl)cc1. The van der Waals surface area contributed by atoms with Gasteiger partial charge < -0.3 is 15.3 Å². The Balaban J connectivity index is 2.10. The molecule has 7 heteroatoms. The second kappa shape index (κ2) is 7.45. The second-order valence-electron chi connectivity index (χ2n) is 4.61. The number of amides is 1. The standard InChI is InChI=1S/C15H15Cl2N3O2/c1-20(8-9-21)11-4-2-10(3-5-11)18-15(22)14-12(16)6-7-13(17)19-14/h2-7,21H,8-9H2,1H3,(H,18,22). The van der Waals surface area contributed by atoms with Crippen LogP contribution in [0.15, 0.2) is 36.4 Å². The second-order valence-corrected chi connectivity index (χ2v) is 5.41. The van der Waals surface area contributed by atoms with Crippen LogP contribution in [0, 0.1) is 0 Å². The largest absolute Gasteiger partial charge is 0.395 e. The molecular weight excluding hydrogens is 325 g/mol. The molecule has 0 aliphatic heterocycles. The quantitative estimate of drug-likeness (QED) is 0.821. The average molecular weight is 340 g/mol. The lowest BCUT2D eigenvalue weighted by molar-refractivity contribution is 0.102. The lowest BCUT2D eigenvalue weighted by Gasteiger charge is -2.18. The highest BCUT2D eigenvalue weighted by Crippen LogP contribution is 2.20. The number of pyridine rings is 1. The first-order chi connectivity index (χ1) is 10.5. The van der Waals surface area contributed by atoms with Gasteiger partial charge in [0.05, 0.1) is 11.6 Å². The summed E-state index contributed by atoms with van der Waals surface area (Å²) in [7, 11) is 1.87. The van der Waals surface area contributed by atoms with Gasteiger partial charge in [-0.3, -0.25) is 4.79 Å². The lowest BCUT2D eigenvalue weighted by Crippen LogP contribution is -2.21.